The molecule has 0 aromatic heterocycles. The molecule has 1 unspecified atom stereocenters. The number of sulfonamides is 1. The lowest BCUT2D eigenvalue weighted by Crippen LogP contribution is -2.36. The highest BCUT2D eigenvalue weighted by molar-refractivity contribution is 7.92. The van der Waals surface area contributed by atoms with Gasteiger partial charge in [0.1, 0.15) is 0 Å². The monoisotopic (exact) mass is 299 g/mol. The Hall–Kier alpha value is -1.60. The normalized spacial score (nSPS) is 13.1. The van der Waals surface area contributed by atoms with Crippen molar-refractivity contribution in [2.45, 2.75) is 26.3 Å². The van der Waals surface area contributed by atoms with Gasteiger partial charge in [-0.2, -0.15) is 0 Å². The molecule has 4 N–H and O–H groups in total. The second kappa shape index (κ2) is 6.71. The number of para-hydroxylation sites is 2. The van der Waals surface area contributed by atoms with Gasteiger partial charge in [0, 0.05) is 0 Å². The van der Waals surface area contributed by atoms with Gasteiger partial charge in [-0.1, -0.05) is 26.0 Å². The fourth-order valence-corrected chi connectivity index (χ4v) is 2.30. The van der Waals surface area contributed by atoms with Crippen LogP contribution in [0.1, 0.15) is 20.3 Å². The minimum absolute atomic E-state index is 0.306. The van der Waals surface area contributed by atoms with Crippen LogP contribution in [0, 0.1) is 5.92 Å². The SMILES string of the molecule is CC(C)CC(N)C(=O)Nc1ccccc1NS(C)(=O)=O. The Bertz CT molecular complexity index is 570. The first-order valence-corrected chi connectivity index (χ1v) is 8.21. The fourth-order valence-electron chi connectivity index (χ4n) is 1.72. The predicted octanol–water partition coefficient (Wildman–Crippen LogP) is 1.37. The summed E-state index contributed by atoms with van der Waals surface area (Å²) in [6.45, 7) is 3.96. The van der Waals surface area contributed by atoms with E-state index in [1.807, 2.05) is 13.8 Å². The van der Waals surface area contributed by atoms with Crippen LogP contribution in [0.2, 0.25) is 0 Å². The Morgan fingerprint density at radius 3 is 2.30 bits per heavy atom. The molecule has 0 heterocycles. The molecule has 0 fully saturated rings. The van der Waals surface area contributed by atoms with Crippen LogP contribution in [-0.4, -0.2) is 26.6 Å². The zero-order valence-corrected chi connectivity index (χ0v) is 12.7. The van der Waals surface area contributed by atoms with Gasteiger partial charge in [0.2, 0.25) is 15.9 Å². The first-order valence-electron chi connectivity index (χ1n) is 6.32. The summed E-state index contributed by atoms with van der Waals surface area (Å²) in [6.07, 6.45) is 1.61. The van der Waals surface area contributed by atoms with Crippen molar-refractivity contribution in [2.75, 3.05) is 16.3 Å². The Balaban J connectivity index is 2.85. The number of nitrogens with one attached hydrogen (secondary N) is 2. The first-order chi connectivity index (χ1) is 9.19. The first kappa shape index (κ1) is 16.5. The third-order valence-corrected chi connectivity index (χ3v) is 3.13. The third-order valence-electron chi connectivity index (χ3n) is 2.54. The van der Waals surface area contributed by atoms with E-state index in [2.05, 4.69) is 10.0 Å². The largest absolute Gasteiger partial charge is 0.323 e. The van der Waals surface area contributed by atoms with E-state index in [0.29, 0.717) is 23.7 Å². The van der Waals surface area contributed by atoms with Crippen LogP contribution in [0.4, 0.5) is 11.4 Å². The molecule has 1 rings (SSSR count). The molecule has 0 aliphatic carbocycles. The fraction of sp³-hybridized carbons (Fsp3) is 0.462. The third kappa shape index (κ3) is 5.58. The van der Waals surface area contributed by atoms with Crippen molar-refractivity contribution in [3.05, 3.63) is 24.3 Å². The Kier molecular flexibility index (Phi) is 5.52. The van der Waals surface area contributed by atoms with Crippen molar-refractivity contribution in [2.24, 2.45) is 11.7 Å². The van der Waals surface area contributed by atoms with Gasteiger partial charge in [0.05, 0.1) is 23.7 Å². The highest BCUT2D eigenvalue weighted by Gasteiger charge is 2.16. The molecule has 1 aromatic carbocycles. The summed E-state index contributed by atoms with van der Waals surface area (Å²) in [5.74, 6) is -0.0263. The van der Waals surface area contributed by atoms with Crippen molar-refractivity contribution < 1.29 is 13.2 Å². The van der Waals surface area contributed by atoms with E-state index in [0.717, 1.165) is 6.26 Å². The number of carbonyl (C=O) groups is 1. The van der Waals surface area contributed by atoms with Gasteiger partial charge in [-0.15, -0.1) is 0 Å². The van der Waals surface area contributed by atoms with E-state index in [1.165, 1.54) is 0 Å². The molecule has 0 aliphatic heterocycles. The van der Waals surface area contributed by atoms with E-state index in [-0.39, 0.29) is 5.91 Å². The molecular formula is C13H21N3O3S. The standard InChI is InChI=1S/C13H21N3O3S/c1-9(2)8-10(14)13(17)15-11-6-4-5-7-12(11)16-20(3,18)19/h4-7,9-10,16H,8,14H2,1-3H3,(H,15,17). The highest BCUT2D eigenvalue weighted by Crippen LogP contribution is 2.22. The molecular weight excluding hydrogens is 278 g/mol. The number of nitrogens with two attached hydrogens (primary N) is 1. The van der Waals surface area contributed by atoms with Gasteiger partial charge in [0.15, 0.2) is 0 Å². The van der Waals surface area contributed by atoms with Crippen LogP contribution in [-0.2, 0) is 14.8 Å². The number of hydrogen-bond donors (Lipinski definition) is 3. The summed E-state index contributed by atoms with van der Waals surface area (Å²) < 4.78 is 24.9. The molecule has 1 aromatic rings. The maximum atomic E-state index is 12.0. The molecule has 6 nitrogen and oxygen atoms in total. The molecule has 7 heteroatoms. The summed E-state index contributed by atoms with van der Waals surface area (Å²) in [7, 11) is -3.41. The van der Waals surface area contributed by atoms with E-state index in [9.17, 15) is 13.2 Å². The topological polar surface area (TPSA) is 101 Å². The summed E-state index contributed by atoms with van der Waals surface area (Å²) in [6, 6.07) is 5.95. The zero-order chi connectivity index (χ0) is 15.3. The molecule has 1 atom stereocenters. The van der Waals surface area contributed by atoms with Crippen LogP contribution >= 0.6 is 0 Å². The summed E-state index contributed by atoms with van der Waals surface area (Å²) in [5, 5.41) is 2.65. The molecule has 112 valence electrons. The van der Waals surface area contributed by atoms with Crippen molar-refractivity contribution in [1.82, 2.24) is 0 Å². The zero-order valence-electron chi connectivity index (χ0n) is 11.9. The number of rotatable bonds is 6. The van der Waals surface area contributed by atoms with Crippen molar-refractivity contribution in [1.29, 1.82) is 0 Å². The van der Waals surface area contributed by atoms with Gasteiger partial charge in [-0.25, -0.2) is 8.42 Å². The summed E-state index contributed by atoms with van der Waals surface area (Å²) in [5.41, 5.74) is 6.50. The highest BCUT2D eigenvalue weighted by atomic mass is 32.2. The summed E-state index contributed by atoms with van der Waals surface area (Å²) in [4.78, 5) is 12.0. The molecule has 0 radical (unpaired) electrons. The maximum Gasteiger partial charge on any atom is 0.241 e. The lowest BCUT2D eigenvalue weighted by Gasteiger charge is -2.16. The van der Waals surface area contributed by atoms with Gasteiger partial charge >= 0.3 is 0 Å². The van der Waals surface area contributed by atoms with Crippen LogP contribution in [0.3, 0.4) is 0 Å². The van der Waals surface area contributed by atoms with Crippen LogP contribution in [0.5, 0.6) is 0 Å². The molecule has 0 aliphatic rings. The molecule has 0 saturated heterocycles. The van der Waals surface area contributed by atoms with Crippen LogP contribution in [0.15, 0.2) is 24.3 Å². The second-order valence-corrected chi connectivity index (χ2v) is 6.89. The van der Waals surface area contributed by atoms with Crippen molar-refractivity contribution >= 4 is 27.3 Å². The molecule has 0 bridgehead atoms. The van der Waals surface area contributed by atoms with Gasteiger partial charge in [0.25, 0.3) is 0 Å². The average Bonchev–Trinajstić information content (AvgIpc) is 2.28. The van der Waals surface area contributed by atoms with E-state index in [1.54, 1.807) is 24.3 Å². The molecule has 20 heavy (non-hydrogen) atoms. The van der Waals surface area contributed by atoms with Crippen LogP contribution in [0.25, 0.3) is 0 Å². The van der Waals surface area contributed by atoms with Gasteiger partial charge in [-0.05, 0) is 24.5 Å². The molecule has 0 spiro atoms. The molecule has 0 saturated carbocycles. The maximum absolute atomic E-state index is 12.0. The van der Waals surface area contributed by atoms with E-state index < -0.39 is 16.1 Å². The summed E-state index contributed by atoms with van der Waals surface area (Å²) >= 11 is 0. The van der Waals surface area contributed by atoms with Crippen molar-refractivity contribution in [3.8, 4) is 0 Å². The van der Waals surface area contributed by atoms with Crippen LogP contribution < -0.4 is 15.8 Å². The van der Waals surface area contributed by atoms with E-state index >= 15 is 0 Å². The number of amides is 1. The number of benzene rings is 1. The van der Waals surface area contributed by atoms with E-state index in [4.69, 9.17) is 5.73 Å². The number of anilines is 2. The number of carbonyl (C=O) groups excluding carboxylic acids is 1. The Labute approximate surface area is 119 Å². The average molecular weight is 299 g/mol. The van der Waals surface area contributed by atoms with Crippen molar-refractivity contribution in [3.63, 3.8) is 0 Å². The Morgan fingerprint density at radius 1 is 1.25 bits per heavy atom. The second-order valence-electron chi connectivity index (χ2n) is 5.15. The predicted molar refractivity (Wildman–Crippen MR) is 81.0 cm³/mol. The molecule has 1 amide bonds. The Morgan fingerprint density at radius 2 is 1.80 bits per heavy atom. The number of hydrogen-bond acceptors (Lipinski definition) is 4. The minimum atomic E-state index is -3.41. The quantitative estimate of drug-likeness (QED) is 0.738. The van der Waals surface area contributed by atoms with Gasteiger partial charge in [-0.3, -0.25) is 9.52 Å². The lowest BCUT2D eigenvalue weighted by atomic mass is 10.0. The smallest absolute Gasteiger partial charge is 0.241 e. The lowest BCUT2D eigenvalue weighted by molar-refractivity contribution is -0.117. The minimum Gasteiger partial charge on any atom is -0.323 e. The van der Waals surface area contributed by atoms with Gasteiger partial charge < -0.3 is 11.1 Å².